The van der Waals surface area contributed by atoms with Crippen molar-refractivity contribution in [3.8, 4) is 11.3 Å². The summed E-state index contributed by atoms with van der Waals surface area (Å²) in [6.45, 7) is 5.85. The van der Waals surface area contributed by atoms with Gasteiger partial charge >= 0.3 is 0 Å². The van der Waals surface area contributed by atoms with Crippen molar-refractivity contribution in [2.75, 3.05) is 0 Å². The van der Waals surface area contributed by atoms with Gasteiger partial charge in [0, 0.05) is 35.6 Å². The van der Waals surface area contributed by atoms with E-state index in [1.807, 2.05) is 25.2 Å². The van der Waals surface area contributed by atoms with Crippen molar-refractivity contribution >= 4 is 27.9 Å². The number of amides is 1. The van der Waals surface area contributed by atoms with Gasteiger partial charge in [-0.1, -0.05) is 30.4 Å². The predicted octanol–water partition coefficient (Wildman–Crippen LogP) is 3.81. The molecule has 0 aliphatic heterocycles. The van der Waals surface area contributed by atoms with E-state index in [1.54, 1.807) is 18.3 Å². The number of nitrogens with one attached hydrogen (secondary N) is 1. The maximum absolute atomic E-state index is 12.4. The van der Waals surface area contributed by atoms with E-state index in [9.17, 15) is 14.9 Å². The largest absolute Gasteiger partial charge is 0.349 e. The second-order valence-corrected chi connectivity index (χ2v) is 6.86. The van der Waals surface area contributed by atoms with E-state index >= 15 is 0 Å². The van der Waals surface area contributed by atoms with Gasteiger partial charge in [-0.25, -0.2) is 4.98 Å². The molecule has 7 nitrogen and oxygen atoms in total. The van der Waals surface area contributed by atoms with Crippen molar-refractivity contribution in [3.63, 3.8) is 0 Å². The van der Waals surface area contributed by atoms with Gasteiger partial charge in [-0.05, 0) is 20.3 Å². The van der Waals surface area contributed by atoms with Gasteiger partial charge in [0.2, 0.25) is 0 Å². The van der Waals surface area contributed by atoms with Crippen molar-refractivity contribution in [1.82, 2.24) is 14.7 Å². The molecule has 130 valence electrons. The van der Waals surface area contributed by atoms with Crippen LogP contribution >= 0.6 is 11.3 Å². The summed E-state index contributed by atoms with van der Waals surface area (Å²) in [4.78, 5) is 28.7. The molecule has 0 saturated heterocycles. The summed E-state index contributed by atoms with van der Waals surface area (Å²) in [6, 6.07) is 6.48. The predicted molar refractivity (Wildman–Crippen MR) is 97.1 cm³/mol. The molecule has 0 radical (unpaired) electrons. The number of nitro groups is 1. The number of hydrogen-bond donors (Lipinski definition) is 1. The molecule has 1 atom stereocenters. The average Bonchev–Trinajstić information content (AvgIpc) is 3.14. The van der Waals surface area contributed by atoms with E-state index < -0.39 is 4.92 Å². The highest BCUT2D eigenvalue weighted by Crippen LogP contribution is 2.28. The number of aryl methyl sites for hydroxylation is 1. The number of thiazole rings is 1. The van der Waals surface area contributed by atoms with Crippen LogP contribution in [-0.2, 0) is 0 Å². The lowest BCUT2D eigenvalue weighted by Gasteiger charge is -2.10. The van der Waals surface area contributed by atoms with Crippen LogP contribution in [0, 0.1) is 17.0 Å². The first-order chi connectivity index (χ1) is 11.9. The second kappa shape index (κ2) is 6.64. The molecular formula is C17H18N4O3S. The number of imidazole rings is 1. The van der Waals surface area contributed by atoms with Crippen molar-refractivity contribution in [2.45, 2.75) is 33.2 Å². The molecule has 2 aromatic heterocycles. The van der Waals surface area contributed by atoms with Gasteiger partial charge < -0.3 is 5.32 Å². The zero-order valence-corrected chi connectivity index (χ0v) is 15.0. The molecule has 1 amide bonds. The van der Waals surface area contributed by atoms with Gasteiger partial charge in [-0.3, -0.25) is 19.3 Å². The third-order valence-electron chi connectivity index (χ3n) is 4.11. The molecule has 3 rings (SSSR count). The topological polar surface area (TPSA) is 89.5 Å². The molecule has 1 N–H and O–H groups in total. The van der Waals surface area contributed by atoms with Crippen LogP contribution in [0.1, 0.15) is 35.6 Å². The fourth-order valence-corrected chi connectivity index (χ4v) is 3.48. The van der Waals surface area contributed by atoms with Crippen LogP contribution < -0.4 is 5.32 Å². The number of aromatic nitrogens is 2. The Balaban J connectivity index is 1.96. The van der Waals surface area contributed by atoms with E-state index in [1.165, 1.54) is 23.5 Å². The Labute approximate surface area is 148 Å². The third-order valence-corrected chi connectivity index (χ3v) is 5.26. The number of carbonyl (C=O) groups excluding carboxylic acids is 1. The molecule has 0 aliphatic rings. The van der Waals surface area contributed by atoms with Gasteiger partial charge in [0.15, 0.2) is 4.96 Å². The number of nitrogens with zero attached hydrogens (tertiary/aromatic N) is 3. The Bertz CT molecular complexity index is 960. The summed E-state index contributed by atoms with van der Waals surface area (Å²) in [6.07, 6.45) is 2.67. The Morgan fingerprint density at radius 2 is 2.24 bits per heavy atom. The van der Waals surface area contributed by atoms with Gasteiger partial charge in [0.1, 0.15) is 4.88 Å². The van der Waals surface area contributed by atoms with Gasteiger partial charge in [-0.15, -0.1) is 0 Å². The first kappa shape index (κ1) is 17.1. The van der Waals surface area contributed by atoms with Crippen molar-refractivity contribution < 1.29 is 9.72 Å². The fraction of sp³-hybridized carbons (Fsp3) is 0.294. The Kier molecular flexibility index (Phi) is 4.54. The second-order valence-electron chi connectivity index (χ2n) is 5.89. The highest BCUT2D eigenvalue weighted by molar-refractivity contribution is 7.19. The minimum atomic E-state index is -0.426. The van der Waals surface area contributed by atoms with Crippen LogP contribution in [0.3, 0.4) is 0 Å². The van der Waals surface area contributed by atoms with E-state index in [0.717, 1.165) is 12.1 Å². The van der Waals surface area contributed by atoms with Crippen molar-refractivity contribution in [2.24, 2.45) is 0 Å². The highest BCUT2D eigenvalue weighted by atomic mass is 32.1. The number of hydrogen-bond acceptors (Lipinski definition) is 5. The van der Waals surface area contributed by atoms with Crippen molar-refractivity contribution in [1.29, 1.82) is 0 Å². The number of carbonyl (C=O) groups is 1. The molecule has 0 spiro atoms. The SMILES string of the molecule is CC[C@@H](C)NC(=O)c1sc2nc(-c3cccc([N+](=O)[O-])c3)cn2c1C. The zero-order chi connectivity index (χ0) is 18.1. The molecule has 2 heterocycles. The van der Waals surface area contributed by atoms with Crippen LogP contribution in [0.2, 0.25) is 0 Å². The Morgan fingerprint density at radius 3 is 2.88 bits per heavy atom. The van der Waals surface area contributed by atoms with Gasteiger partial charge in [-0.2, -0.15) is 0 Å². The molecule has 0 unspecified atom stereocenters. The zero-order valence-electron chi connectivity index (χ0n) is 14.1. The summed E-state index contributed by atoms with van der Waals surface area (Å²) < 4.78 is 1.85. The monoisotopic (exact) mass is 358 g/mol. The number of rotatable bonds is 5. The average molecular weight is 358 g/mol. The van der Waals surface area contributed by atoms with E-state index in [2.05, 4.69) is 10.3 Å². The van der Waals surface area contributed by atoms with Crippen LogP contribution in [0.5, 0.6) is 0 Å². The minimum absolute atomic E-state index is 0.0270. The lowest BCUT2D eigenvalue weighted by atomic mass is 10.1. The quantitative estimate of drug-likeness (QED) is 0.555. The van der Waals surface area contributed by atoms with Crippen LogP contribution in [0.15, 0.2) is 30.5 Å². The van der Waals surface area contributed by atoms with Gasteiger partial charge in [0.25, 0.3) is 11.6 Å². The summed E-state index contributed by atoms with van der Waals surface area (Å²) in [5.41, 5.74) is 2.16. The standard InChI is InChI=1S/C17H18N4O3S/c1-4-10(2)18-16(22)15-11(3)20-9-14(19-17(20)25-15)12-6-5-7-13(8-12)21(23)24/h5-10H,4H2,1-3H3,(H,18,22)/t10-/m1/s1. The molecule has 0 aliphatic carbocycles. The van der Waals surface area contributed by atoms with Crippen molar-refractivity contribution in [3.05, 3.63) is 51.1 Å². The summed E-state index contributed by atoms with van der Waals surface area (Å²) in [7, 11) is 0. The summed E-state index contributed by atoms with van der Waals surface area (Å²) >= 11 is 1.32. The third kappa shape index (κ3) is 3.25. The first-order valence-corrected chi connectivity index (χ1v) is 8.76. The summed E-state index contributed by atoms with van der Waals surface area (Å²) in [5, 5.41) is 13.9. The van der Waals surface area contributed by atoms with Gasteiger partial charge in [0.05, 0.1) is 10.6 Å². The molecule has 1 aromatic carbocycles. The summed E-state index contributed by atoms with van der Waals surface area (Å²) in [5.74, 6) is -0.0979. The fourth-order valence-electron chi connectivity index (χ4n) is 2.47. The molecule has 0 fully saturated rings. The van der Waals surface area contributed by atoms with Crippen LogP contribution in [-0.4, -0.2) is 26.3 Å². The number of benzene rings is 1. The Hall–Kier alpha value is -2.74. The first-order valence-electron chi connectivity index (χ1n) is 7.95. The molecule has 8 heteroatoms. The number of nitro benzene ring substituents is 1. The molecule has 0 bridgehead atoms. The van der Waals surface area contributed by atoms with Crippen LogP contribution in [0.25, 0.3) is 16.2 Å². The highest BCUT2D eigenvalue weighted by Gasteiger charge is 2.19. The molecule has 25 heavy (non-hydrogen) atoms. The molecular weight excluding hydrogens is 340 g/mol. The van der Waals surface area contributed by atoms with Crippen LogP contribution in [0.4, 0.5) is 5.69 Å². The normalized spacial score (nSPS) is 12.3. The lowest BCUT2D eigenvalue weighted by molar-refractivity contribution is -0.384. The number of fused-ring (bicyclic) bond motifs is 1. The van der Waals surface area contributed by atoms with E-state index in [0.29, 0.717) is 21.1 Å². The Morgan fingerprint density at radius 1 is 1.48 bits per heavy atom. The number of non-ortho nitro benzene ring substituents is 1. The molecule has 0 saturated carbocycles. The molecule has 3 aromatic rings. The maximum Gasteiger partial charge on any atom is 0.270 e. The maximum atomic E-state index is 12.4. The lowest BCUT2D eigenvalue weighted by Crippen LogP contribution is -2.31. The van der Waals surface area contributed by atoms with E-state index in [4.69, 9.17) is 0 Å². The smallest absolute Gasteiger partial charge is 0.270 e. The minimum Gasteiger partial charge on any atom is -0.349 e. The van der Waals surface area contributed by atoms with E-state index in [-0.39, 0.29) is 17.6 Å².